The maximum absolute atomic E-state index is 12.3. The maximum atomic E-state index is 12.3. The molecular formula is C27H41N9O4S. The third-order valence-electron chi connectivity index (χ3n) is 9.35. The van der Waals surface area contributed by atoms with E-state index in [2.05, 4.69) is 38.8 Å². The SMILES string of the molecule is CC1CCC(Cn2c(N3CCN(S(C)(=O)=O)C[C@H]3C)nc3nc(-c4noc(=O)[nH]4)nc(N[C@H](C)C4CCC4)c32)CC1. The van der Waals surface area contributed by atoms with Crippen LogP contribution in [0.15, 0.2) is 9.32 Å². The van der Waals surface area contributed by atoms with Gasteiger partial charge in [-0.1, -0.05) is 31.3 Å². The third-order valence-corrected chi connectivity index (χ3v) is 10.6. The van der Waals surface area contributed by atoms with Crippen LogP contribution in [0.3, 0.4) is 0 Å². The molecule has 3 fully saturated rings. The molecule has 6 rings (SSSR count). The van der Waals surface area contributed by atoms with Gasteiger partial charge in [0.15, 0.2) is 11.5 Å². The smallest absolute Gasteiger partial charge is 0.365 e. The van der Waals surface area contributed by atoms with Gasteiger partial charge in [0.25, 0.3) is 0 Å². The summed E-state index contributed by atoms with van der Waals surface area (Å²) in [5.74, 6) is 2.97. The molecule has 14 heteroatoms. The molecule has 0 radical (unpaired) electrons. The number of aromatic nitrogens is 6. The van der Waals surface area contributed by atoms with Crippen LogP contribution in [0, 0.1) is 17.8 Å². The zero-order chi connectivity index (χ0) is 28.9. The highest BCUT2D eigenvalue weighted by Gasteiger charge is 2.34. The second-order valence-electron chi connectivity index (χ2n) is 12.4. The Morgan fingerprint density at radius 1 is 1.07 bits per heavy atom. The fourth-order valence-corrected chi connectivity index (χ4v) is 7.42. The molecule has 3 aliphatic rings. The average molecular weight is 588 g/mol. The van der Waals surface area contributed by atoms with Gasteiger partial charge in [0, 0.05) is 38.3 Å². The lowest BCUT2D eigenvalue weighted by molar-refractivity contribution is 0.265. The van der Waals surface area contributed by atoms with Crippen LogP contribution >= 0.6 is 0 Å². The highest BCUT2D eigenvalue weighted by atomic mass is 32.2. The minimum absolute atomic E-state index is 0.0787. The predicted octanol–water partition coefficient (Wildman–Crippen LogP) is 3.07. The van der Waals surface area contributed by atoms with Crippen molar-refractivity contribution in [1.82, 2.24) is 34.0 Å². The van der Waals surface area contributed by atoms with Crippen LogP contribution in [-0.4, -0.2) is 80.4 Å². The molecule has 0 bridgehead atoms. The van der Waals surface area contributed by atoms with Crippen LogP contribution in [0.2, 0.25) is 0 Å². The van der Waals surface area contributed by atoms with Crippen molar-refractivity contribution in [1.29, 1.82) is 0 Å². The van der Waals surface area contributed by atoms with E-state index < -0.39 is 15.8 Å². The first-order chi connectivity index (χ1) is 19.6. The summed E-state index contributed by atoms with van der Waals surface area (Å²) >= 11 is 0. The molecule has 1 aliphatic heterocycles. The average Bonchev–Trinajstić information content (AvgIpc) is 3.47. The number of nitrogens with one attached hydrogen (secondary N) is 2. The number of fused-ring (bicyclic) bond motifs is 1. The lowest BCUT2D eigenvalue weighted by Gasteiger charge is -2.39. The first-order valence-corrected chi connectivity index (χ1v) is 16.7. The zero-order valence-corrected chi connectivity index (χ0v) is 25.2. The van der Waals surface area contributed by atoms with Crippen molar-refractivity contribution in [3.8, 4) is 11.6 Å². The van der Waals surface area contributed by atoms with E-state index >= 15 is 0 Å². The number of nitrogens with zero attached hydrogens (tertiary/aromatic N) is 7. The van der Waals surface area contributed by atoms with E-state index in [9.17, 15) is 13.2 Å². The minimum Gasteiger partial charge on any atom is -0.365 e. The van der Waals surface area contributed by atoms with Crippen LogP contribution in [-0.2, 0) is 16.6 Å². The molecule has 13 nitrogen and oxygen atoms in total. The van der Waals surface area contributed by atoms with Crippen LogP contribution in [0.4, 0.5) is 11.8 Å². The van der Waals surface area contributed by atoms with Gasteiger partial charge in [-0.3, -0.25) is 9.51 Å². The number of hydrogen-bond donors (Lipinski definition) is 2. The summed E-state index contributed by atoms with van der Waals surface area (Å²) in [4.78, 5) is 31.2. The van der Waals surface area contributed by atoms with Crippen molar-refractivity contribution in [2.45, 2.75) is 84.3 Å². The molecule has 2 N–H and O–H groups in total. The predicted molar refractivity (Wildman–Crippen MR) is 156 cm³/mol. The lowest BCUT2D eigenvalue weighted by Crippen LogP contribution is -2.54. The monoisotopic (exact) mass is 587 g/mol. The molecular weight excluding hydrogens is 546 g/mol. The van der Waals surface area contributed by atoms with Gasteiger partial charge in [-0.05, 0) is 57.3 Å². The van der Waals surface area contributed by atoms with Crippen LogP contribution < -0.4 is 16.0 Å². The Hall–Kier alpha value is -3.00. The van der Waals surface area contributed by atoms with E-state index in [1.54, 1.807) is 0 Å². The molecule has 2 atom stereocenters. The number of anilines is 2. The zero-order valence-electron chi connectivity index (χ0n) is 24.3. The summed E-state index contributed by atoms with van der Waals surface area (Å²) in [6.07, 6.45) is 9.58. The molecule has 224 valence electrons. The summed E-state index contributed by atoms with van der Waals surface area (Å²) in [5, 5.41) is 7.51. The summed E-state index contributed by atoms with van der Waals surface area (Å²) < 4.78 is 33.1. The molecule has 3 aromatic rings. The quantitative estimate of drug-likeness (QED) is 0.402. The fraction of sp³-hybridized carbons (Fsp3) is 0.741. The molecule has 0 unspecified atom stereocenters. The summed E-state index contributed by atoms with van der Waals surface area (Å²) in [6, 6.07) is 0.121. The molecule has 0 aromatic carbocycles. The second kappa shape index (κ2) is 11.0. The molecule has 2 saturated carbocycles. The highest BCUT2D eigenvalue weighted by Crippen LogP contribution is 2.37. The summed E-state index contributed by atoms with van der Waals surface area (Å²) in [6.45, 7) is 8.65. The van der Waals surface area contributed by atoms with Crippen molar-refractivity contribution in [2.24, 2.45) is 17.8 Å². The van der Waals surface area contributed by atoms with Gasteiger partial charge in [0.2, 0.25) is 27.6 Å². The minimum atomic E-state index is -3.28. The Morgan fingerprint density at radius 3 is 2.44 bits per heavy atom. The van der Waals surface area contributed by atoms with E-state index in [1.807, 2.05) is 6.92 Å². The fourth-order valence-electron chi connectivity index (χ4n) is 6.52. The van der Waals surface area contributed by atoms with Gasteiger partial charge < -0.3 is 14.8 Å². The van der Waals surface area contributed by atoms with Crippen molar-refractivity contribution in [2.75, 3.05) is 36.1 Å². The van der Waals surface area contributed by atoms with Crippen molar-refractivity contribution in [3.63, 3.8) is 0 Å². The summed E-state index contributed by atoms with van der Waals surface area (Å²) in [5.41, 5.74) is 1.34. The Kier molecular flexibility index (Phi) is 7.55. The van der Waals surface area contributed by atoms with E-state index in [0.717, 1.165) is 36.8 Å². The van der Waals surface area contributed by atoms with E-state index in [0.29, 0.717) is 42.9 Å². The number of sulfonamides is 1. The molecule has 3 aromatic heterocycles. The molecule has 2 aliphatic carbocycles. The van der Waals surface area contributed by atoms with Gasteiger partial charge in [-0.15, -0.1) is 0 Å². The van der Waals surface area contributed by atoms with Crippen LogP contribution in [0.1, 0.15) is 65.7 Å². The molecule has 4 heterocycles. The topological polar surface area (TPSA) is 155 Å². The van der Waals surface area contributed by atoms with Crippen LogP contribution in [0.25, 0.3) is 22.8 Å². The van der Waals surface area contributed by atoms with Gasteiger partial charge in [0.05, 0.1) is 6.26 Å². The van der Waals surface area contributed by atoms with Crippen molar-refractivity contribution >= 4 is 33.0 Å². The Balaban J connectivity index is 1.46. The molecule has 1 saturated heterocycles. The number of hydrogen-bond acceptors (Lipinski definition) is 10. The van der Waals surface area contributed by atoms with E-state index in [-0.39, 0.29) is 23.7 Å². The largest absolute Gasteiger partial charge is 0.439 e. The Morgan fingerprint density at radius 2 is 1.83 bits per heavy atom. The van der Waals surface area contributed by atoms with Gasteiger partial charge in [-0.2, -0.15) is 9.29 Å². The van der Waals surface area contributed by atoms with Gasteiger partial charge in [-0.25, -0.2) is 23.2 Å². The third kappa shape index (κ3) is 5.72. The molecule has 0 amide bonds. The number of imidazole rings is 1. The highest BCUT2D eigenvalue weighted by molar-refractivity contribution is 7.88. The first-order valence-electron chi connectivity index (χ1n) is 14.9. The lowest BCUT2D eigenvalue weighted by atomic mass is 9.80. The standard InChI is InChI=1S/C27H41N9O4S/c1-16-8-10-19(11-9-16)15-36-21-22(28-18(3)20-6-5-7-20)29-24(25-32-27(37)40-33-25)30-23(21)31-26(36)35-13-12-34(14-17(35)2)41(4,38)39/h16-20H,5-15H2,1-4H3,(H,28,29,30)(H,32,33,37)/t16?,17-,18-,19?/m1/s1. The number of H-pyrrole nitrogens is 1. The van der Waals surface area contributed by atoms with Crippen LogP contribution in [0.5, 0.6) is 0 Å². The normalized spacial score (nSPS) is 25.4. The maximum Gasteiger partial charge on any atom is 0.439 e. The van der Waals surface area contributed by atoms with Gasteiger partial charge >= 0.3 is 5.76 Å². The van der Waals surface area contributed by atoms with Gasteiger partial charge in [0.1, 0.15) is 5.52 Å². The van der Waals surface area contributed by atoms with E-state index in [1.165, 1.54) is 42.7 Å². The van der Waals surface area contributed by atoms with E-state index in [4.69, 9.17) is 19.5 Å². The van der Waals surface area contributed by atoms with Crippen molar-refractivity contribution in [3.05, 3.63) is 10.6 Å². The first kappa shape index (κ1) is 28.1. The molecule has 0 spiro atoms. The number of rotatable bonds is 8. The Bertz CT molecular complexity index is 1550. The number of aromatic amines is 1. The summed E-state index contributed by atoms with van der Waals surface area (Å²) in [7, 11) is -3.28. The Labute approximate surface area is 240 Å². The second-order valence-corrected chi connectivity index (χ2v) is 14.4. The molecule has 41 heavy (non-hydrogen) atoms. The van der Waals surface area contributed by atoms with Crippen molar-refractivity contribution < 1.29 is 12.9 Å². The number of piperazine rings is 1.